The van der Waals surface area contributed by atoms with E-state index in [1.54, 1.807) is 0 Å². The molecule has 1 heterocycles. The van der Waals surface area contributed by atoms with Gasteiger partial charge in [-0.15, -0.1) is 12.4 Å². The van der Waals surface area contributed by atoms with Crippen molar-refractivity contribution in [3.05, 3.63) is 0 Å². The molecule has 2 N–H and O–H groups in total. The Morgan fingerprint density at radius 1 is 1.28 bits per heavy atom. The highest BCUT2D eigenvalue weighted by molar-refractivity contribution is 5.85. The highest BCUT2D eigenvalue weighted by atomic mass is 35.5. The lowest BCUT2D eigenvalue weighted by Crippen LogP contribution is -2.47. The molecule has 2 aliphatic rings. The maximum Gasteiger partial charge on any atom is 0.407 e. The Hall–Kier alpha value is -0.480. The van der Waals surface area contributed by atoms with E-state index in [0.29, 0.717) is 12.0 Å². The maximum absolute atomic E-state index is 11.8. The molecule has 2 rings (SSSR count). The normalized spacial score (nSPS) is 31.2. The molecule has 4 nitrogen and oxygen atoms in total. The van der Waals surface area contributed by atoms with E-state index in [1.807, 2.05) is 20.8 Å². The monoisotopic (exact) mass is 276 g/mol. The summed E-state index contributed by atoms with van der Waals surface area (Å²) in [7, 11) is 0. The van der Waals surface area contributed by atoms with Crippen LogP contribution in [0.2, 0.25) is 0 Å². The van der Waals surface area contributed by atoms with Gasteiger partial charge in [0.05, 0.1) is 0 Å². The highest BCUT2D eigenvalue weighted by Crippen LogP contribution is 2.32. The van der Waals surface area contributed by atoms with Gasteiger partial charge in [0.15, 0.2) is 0 Å². The van der Waals surface area contributed by atoms with E-state index in [0.717, 1.165) is 25.4 Å². The number of alkyl carbamates (subject to hydrolysis) is 1. The second-order valence-electron chi connectivity index (χ2n) is 6.27. The molecule has 1 amide bonds. The van der Waals surface area contributed by atoms with Crippen molar-refractivity contribution >= 4 is 18.5 Å². The molecule has 0 aromatic heterocycles. The van der Waals surface area contributed by atoms with Gasteiger partial charge in [-0.05, 0) is 52.0 Å². The minimum absolute atomic E-state index is 0. The summed E-state index contributed by atoms with van der Waals surface area (Å²) in [5.41, 5.74) is -0.411. The van der Waals surface area contributed by atoms with Gasteiger partial charge >= 0.3 is 6.09 Å². The maximum atomic E-state index is 11.8. The van der Waals surface area contributed by atoms with Crippen LogP contribution in [0.4, 0.5) is 4.79 Å². The molecule has 5 heteroatoms. The number of hydrogen-bond donors (Lipinski definition) is 2. The summed E-state index contributed by atoms with van der Waals surface area (Å²) in [5, 5.41) is 6.47. The first-order chi connectivity index (χ1) is 7.96. The van der Waals surface area contributed by atoms with Crippen molar-refractivity contribution < 1.29 is 9.53 Å². The zero-order valence-corrected chi connectivity index (χ0v) is 12.3. The SMILES string of the molecule is CC(C)(C)OC(=O)N[C@@H]1CCC[C@H]2CNC[C@H]21.Cl. The van der Waals surface area contributed by atoms with E-state index >= 15 is 0 Å². The van der Waals surface area contributed by atoms with Gasteiger partial charge in [0.25, 0.3) is 0 Å². The Morgan fingerprint density at radius 2 is 2.00 bits per heavy atom. The lowest BCUT2D eigenvalue weighted by atomic mass is 9.78. The van der Waals surface area contributed by atoms with E-state index in [1.165, 1.54) is 12.8 Å². The summed E-state index contributed by atoms with van der Waals surface area (Å²) >= 11 is 0. The van der Waals surface area contributed by atoms with Crippen LogP contribution in [0.15, 0.2) is 0 Å². The Morgan fingerprint density at radius 3 is 2.67 bits per heavy atom. The molecule has 0 aromatic rings. The third-order valence-electron chi connectivity index (χ3n) is 3.70. The summed E-state index contributed by atoms with van der Waals surface area (Å²) in [6, 6.07) is 0.290. The molecule has 1 aliphatic heterocycles. The van der Waals surface area contributed by atoms with Crippen molar-refractivity contribution in [2.75, 3.05) is 13.1 Å². The average molecular weight is 277 g/mol. The molecular formula is C13H25ClN2O2. The number of hydrogen-bond acceptors (Lipinski definition) is 3. The molecule has 1 saturated heterocycles. The molecular weight excluding hydrogens is 252 g/mol. The zero-order chi connectivity index (χ0) is 12.5. The summed E-state index contributed by atoms with van der Waals surface area (Å²) in [6.45, 7) is 7.83. The van der Waals surface area contributed by atoms with Gasteiger partial charge in [0.2, 0.25) is 0 Å². The predicted octanol–water partition coefficient (Wildman–Crippen LogP) is 2.32. The molecule has 1 aliphatic carbocycles. The van der Waals surface area contributed by atoms with Crippen molar-refractivity contribution in [2.24, 2.45) is 11.8 Å². The summed E-state index contributed by atoms with van der Waals surface area (Å²) < 4.78 is 5.32. The fraction of sp³-hybridized carbons (Fsp3) is 0.923. The third kappa shape index (κ3) is 4.02. The Kier molecular flexibility index (Phi) is 5.29. The Labute approximate surface area is 116 Å². The molecule has 2 fully saturated rings. The van der Waals surface area contributed by atoms with Crippen LogP contribution in [0.3, 0.4) is 0 Å². The summed E-state index contributed by atoms with van der Waals surface area (Å²) in [5.74, 6) is 1.33. The van der Waals surface area contributed by atoms with Crippen molar-refractivity contribution in [2.45, 2.75) is 51.7 Å². The molecule has 106 valence electrons. The van der Waals surface area contributed by atoms with Crippen molar-refractivity contribution in [1.82, 2.24) is 10.6 Å². The van der Waals surface area contributed by atoms with Crippen LogP contribution in [-0.4, -0.2) is 30.8 Å². The second kappa shape index (κ2) is 6.11. The van der Waals surface area contributed by atoms with Gasteiger partial charge in [0, 0.05) is 12.6 Å². The van der Waals surface area contributed by atoms with Gasteiger partial charge in [-0.25, -0.2) is 4.79 Å². The minimum atomic E-state index is -0.411. The van der Waals surface area contributed by atoms with Crippen LogP contribution in [-0.2, 0) is 4.74 Å². The second-order valence-corrected chi connectivity index (χ2v) is 6.27. The fourth-order valence-electron chi connectivity index (χ4n) is 2.99. The van der Waals surface area contributed by atoms with Gasteiger partial charge in [-0.3, -0.25) is 0 Å². The van der Waals surface area contributed by atoms with E-state index in [4.69, 9.17) is 4.74 Å². The average Bonchev–Trinajstić information content (AvgIpc) is 2.63. The van der Waals surface area contributed by atoms with Gasteiger partial charge < -0.3 is 15.4 Å². The first kappa shape index (κ1) is 15.6. The Balaban J connectivity index is 0.00000162. The van der Waals surface area contributed by atoms with Crippen LogP contribution in [0.5, 0.6) is 0 Å². The molecule has 0 aromatic carbocycles. The van der Waals surface area contributed by atoms with Crippen LogP contribution >= 0.6 is 12.4 Å². The molecule has 0 spiro atoms. The Bertz CT molecular complexity index is 291. The van der Waals surface area contributed by atoms with E-state index in [2.05, 4.69) is 10.6 Å². The van der Waals surface area contributed by atoms with Crippen LogP contribution in [0.25, 0.3) is 0 Å². The van der Waals surface area contributed by atoms with Crippen LogP contribution in [0, 0.1) is 11.8 Å². The first-order valence-corrected chi connectivity index (χ1v) is 6.66. The lowest BCUT2D eigenvalue weighted by molar-refractivity contribution is 0.0461. The third-order valence-corrected chi connectivity index (χ3v) is 3.70. The number of nitrogens with one attached hydrogen (secondary N) is 2. The number of halogens is 1. The molecule has 0 unspecified atom stereocenters. The van der Waals surface area contributed by atoms with Gasteiger partial charge in [-0.2, -0.15) is 0 Å². The molecule has 1 saturated carbocycles. The minimum Gasteiger partial charge on any atom is -0.444 e. The number of carbonyl (C=O) groups is 1. The van der Waals surface area contributed by atoms with Crippen molar-refractivity contribution in [3.8, 4) is 0 Å². The topological polar surface area (TPSA) is 50.4 Å². The number of ether oxygens (including phenoxy) is 1. The zero-order valence-electron chi connectivity index (χ0n) is 11.5. The number of rotatable bonds is 1. The van der Waals surface area contributed by atoms with Crippen LogP contribution < -0.4 is 10.6 Å². The predicted molar refractivity (Wildman–Crippen MR) is 74.1 cm³/mol. The standard InChI is InChI=1S/C13H24N2O2.ClH/c1-13(2,3)17-12(16)15-11-6-4-5-9-7-14-8-10(9)11;/h9-11,14H,4-8H2,1-3H3,(H,15,16);1H/t9-,10+,11+;/m0./s1. The smallest absolute Gasteiger partial charge is 0.407 e. The summed E-state index contributed by atoms with van der Waals surface area (Å²) in [6.07, 6.45) is 3.32. The van der Waals surface area contributed by atoms with Crippen molar-refractivity contribution in [1.29, 1.82) is 0 Å². The molecule has 3 atom stereocenters. The number of carbonyl (C=O) groups excluding carboxylic acids is 1. The number of amides is 1. The fourth-order valence-corrected chi connectivity index (χ4v) is 2.99. The molecule has 0 radical (unpaired) electrons. The molecule has 18 heavy (non-hydrogen) atoms. The van der Waals surface area contributed by atoms with Crippen LogP contribution in [0.1, 0.15) is 40.0 Å². The quantitative estimate of drug-likeness (QED) is 0.773. The summed E-state index contributed by atoms with van der Waals surface area (Å²) in [4.78, 5) is 11.8. The van der Waals surface area contributed by atoms with E-state index < -0.39 is 5.60 Å². The number of fused-ring (bicyclic) bond motifs is 1. The first-order valence-electron chi connectivity index (χ1n) is 6.66. The van der Waals surface area contributed by atoms with Crippen molar-refractivity contribution in [3.63, 3.8) is 0 Å². The van der Waals surface area contributed by atoms with E-state index in [-0.39, 0.29) is 18.5 Å². The molecule has 0 bridgehead atoms. The largest absolute Gasteiger partial charge is 0.444 e. The van der Waals surface area contributed by atoms with Gasteiger partial charge in [-0.1, -0.05) is 6.42 Å². The van der Waals surface area contributed by atoms with Gasteiger partial charge in [0.1, 0.15) is 5.60 Å². The van der Waals surface area contributed by atoms with E-state index in [9.17, 15) is 4.79 Å². The highest BCUT2D eigenvalue weighted by Gasteiger charge is 2.37. The lowest BCUT2D eigenvalue weighted by Gasteiger charge is -2.34.